The molecule has 2 rings (SSSR count). The predicted octanol–water partition coefficient (Wildman–Crippen LogP) is 1.49. The van der Waals surface area contributed by atoms with Gasteiger partial charge in [0.25, 0.3) is 0 Å². The Morgan fingerprint density at radius 3 is 2.68 bits per heavy atom. The van der Waals surface area contributed by atoms with Gasteiger partial charge in [-0.25, -0.2) is 0 Å². The zero-order chi connectivity index (χ0) is 16.1. The van der Waals surface area contributed by atoms with Crippen LogP contribution in [0.4, 0.5) is 0 Å². The van der Waals surface area contributed by atoms with Crippen molar-refractivity contribution in [3.63, 3.8) is 0 Å². The third kappa shape index (κ3) is 3.99. The van der Waals surface area contributed by atoms with Gasteiger partial charge in [-0.2, -0.15) is 0 Å². The highest BCUT2D eigenvalue weighted by Gasteiger charge is 2.35. The first-order valence-electron chi connectivity index (χ1n) is 8.33. The van der Waals surface area contributed by atoms with Crippen molar-refractivity contribution < 1.29 is 19.5 Å². The van der Waals surface area contributed by atoms with Crippen molar-refractivity contribution in [3.05, 3.63) is 0 Å². The number of carboxylic acid groups (broad SMARTS) is 1. The number of carbonyl (C=O) groups is 3. The third-order valence-corrected chi connectivity index (χ3v) is 4.76. The number of rotatable bonds is 6. The van der Waals surface area contributed by atoms with Gasteiger partial charge >= 0.3 is 5.97 Å². The molecule has 0 aromatic carbocycles. The molecule has 2 aliphatic rings. The molecular formula is C16H26N2O4. The van der Waals surface area contributed by atoms with Crippen molar-refractivity contribution in [2.24, 2.45) is 5.92 Å². The van der Waals surface area contributed by atoms with E-state index in [1.807, 2.05) is 11.8 Å². The first-order chi connectivity index (χ1) is 10.5. The van der Waals surface area contributed by atoms with E-state index in [9.17, 15) is 14.4 Å². The Kier molecular flexibility index (Phi) is 5.80. The Hall–Kier alpha value is -1.59. The van der Waals surface area contributed by atoms with Crippen LogP contribution in [0.5, 0.6) is 0 Å². The van der Waals surface area contributed by atoms with Gasteiger partial charge in [-0.05, 0) is 38.0 Å². The lowest BCUT2D eigenvalue weighted by Crippen LogP contribution is -2.51. The summed E-state index contributed by atoms with van der Waals surface area (Å²) in [6.45, 7) is 3.98. The van der Waals surface area contributed by atoms with E-state index in [2.05, 4.69) is 0 Å². The van der Waals surface area contributed by atoms with E-state index in [1.54, 1.807) is 4.90 Å². The summed E-state index contributed by atoms with van der Waals surface area (Å²) in [6.07, 6.45) is 4.71. The van der Waals surface area contributed by atoms with E-state index in [-0.39, 0.29) is 30.2 Å². The van der Waals surface area contributed by atoms with Gasteiger partial charge in [0.15, 0.2) is 0 Å². The molecular weight excluding hydrogens is 284 g/mol. The average Bonchev–Trinajstić information content (AvgIpc) is 2.92. The molecule has 2 unspecified atom stereocenters. The molecule has 2 atom stereocenters. The molecule has 0 saturated carbocycles. The van der Waals surface area contributed by atoms with E-state index in [4.69, 9.17) is 5.11 Å². The standard InChI is InChI=1S/C16H26N2O4/c1-2-13(18-10-4-6-14(18)19)16(22)17-9-3-5-12(11-17)7-8-15(20)21/h12-13H,2-11H2,1H3,(H,20,21). The number of piperidine rings is 1. The van der Waals surface area contributed by atoms with Crippen LogP contribution < -0.4 is 0 Å². The SMILES string of the molecule is CCC(C(=O)N1CCCC(CCC(=O)O)C1)N1CCCC1=O. The van der Waals surface area contributed by atoms with Crippen LogP contribution in [0.3, 0.4) is 0 Å². The lowest BCUT2D eigenvalue weighted by molar-refractivity contribution is -0.145. The summed E-state index contributed by atoms with van der Waals surface area (Å²) in [7, 11) is 0. The van der Waals surface area contributed by atoms with Gasteiger partial charge in [0.05, 0.1) is 0 Å². The highest BCUT2D eigenvalue weighted by molar-refractivity contribution is 5.88. The molecule has 6 heteroatoms. The van der Waals surface area contributed by atoms with Crippen LogP contribution in [0.15, 0.2) is 0 Å². The molecule has 2 aliphatic heterocycles. The van der Waals surface area contributed by atoms with E-state index in [0.29, 0.717) is 32.4 Å². The summed E-state index contributed by atoms with van der Waals surface area (Å²) in [4.78, 5) is 38.9. The fraction of sp³-hybridized carbons (Fsp3) is 0.812. The largest absolute Gasteiger partial charge is 0.481 e. The van der Waals surface area contributed by atoms with Crippen LogP contribution >= 0.6 is 0 Å². The summed E-state index contributed by atoms with van der Waals surface area (Å²) in [5.74, 6) is -0.393. The van der Waals surface area contributed by atoms with Gasteiger partial charge in [-0.1, -0.05) is 6.92 Å². The topological polar surface area (TPSA) is 77.9 Å². The Balaban J connectivity index is 1.94. The van der Waals surface area contributed by atoms with Crippen LogP contribution in [-0.4, -0.2) is 58.4 Å². The first-order valence-corrected chi connectivity index (χ1v) is 8.33. The maximum absolute atomic E-state index is 12.8. The lowest BCUT2D eigenvalue weighted by Gasteiger charge is -2.37. The first kappa shape index (κ1) is 16.8. The summed E-state index contributed by atoms with van der Waals surface area (Å²) < 4.78 is 0. The zero-order valence-corrected chi connectivity index (χ0v) is 13.3. The third-order valence-electron chi connectivity index (χ3n) is 4.76. The van der Waals surface area contributed by atoms with Crippen molar-refractivity contribution in [1.82, 2.24) is 9.80 Å². The molecule has 0 aromatic heterocycles. The predicted molar refractivity (Wildman–Crippen MR) is 81.2 cm³/mol. The molecule has 0 radical (unpaired) electrons. The van der Waals surface area contributed by atoms with Crippen molar-refractivity contribution in [2.45, 2.75) is 57.9 Å². The number of hydrogen-bond acceptors (Lipinski definition) is 3. The molecule has 2 heterocycles. The summed E-state index contributed by atoms with van der Waals surface area (Å²) >= 11 is 0. The van der Waals surface area contributed by atoms with Crippen LogP contribution in [0, 0.1) is 5.92 Å². The molecule has 2 saturated heterocycles. The number of carbonyl (C=O) groups excluding carboxylic acids is 2. The zero-order valence-electron chi connectivity index (χ0n) is 13.3. The van der Waals surface area contributed by atoms with Crippen molar-refractivity contribution in [1.29, 1.82) is 0 Å². The molecule has 0 aromatic rings. The minimum Gasteiger partial charge on any atom is -0.481 e. The highest BCUT2D eigenvalue weighted by Crippen LogP contribution is 2.24. The average molecular weight is 310 g/mol. The summed E-state index contributed by atoms with van der Waals surface area (Å²) in [5.41, 5.74) is 0. The number of aliphatic carboxylic acids is 1. The highest BCUT2D eigenvalue weighted by atomic mass is 16.4. The van der Waals surface area contributed by atoms with Crippen molar-refractivity contribution in [2.75, 3.05) is 19.6 Å². The van der Waals surface area contributed by atoms with Crippen LogP contribution in [0.2, 0.25) is 0 Å². The van der Waals surface area contributed by atoms with Crippen LogP contribution in [0.1, 0.15) is 51.9 Å². The van der Waals surface area contributed by atoms with Crippen molar-refractivity contribution >= 4 is 17.8 Å². The van der Waals surface area contributed by atoms with Gasteiger partial charge in [0.1, 0.15) is 6.04 Å². The van der Waals surface area contributed by atoms with Crippen molar-refractivity contribution in [3.8, 4) is 0 Å². The van der Waals surface area contributed by atoms with E-state index >= 15 is 0 Å². The van der Waals surface area contributed by atoms with Gasteiger partial charge in [0, 0.05) is 32.5 Å². The fourth-order valence-electron chi connectivity index (χ4n) is 3.57. The Labute approximate surface area is 131 Å². The second kappa shape index (κ2) is 7.61. The summed E-state index contributed by atoms with van der Waals surface area (Å²) in [5, 5.41) is 8.79. The Bertz CT molecular complexity index is 438. The van der Waals surface area contributed by atoms with E-state index in [1.165, 1.54) is 0 Å². The number of nitrogens with zero attached hydrogens (tertiary/aromatic N) is 2. The molecule has 1 N–H and O–H groups in total. The molecule has 2 amide bonds. The number of likely N-dealkylation sites (tertiary alicyclic amines) is 2. The monoisotopic (exact) mass is 310 g/mol. The van der Waals surface area contributed by atoms with Gasteiger partial charge < -0.3 is 14.9 Å². The number of carboxylic acids is 1. The van der Waals surface area contributed by atoms with Crippen LogP contribution in [0.25, 0.3) is 0 Å². The van der Waals surface area contributed by atoms with Gasteiger partial charge in [0.2, 0.25) is 11.8 Å². The smallest absolute Gasteiger partial charge is 0.303 e. The molecule has 2 fully saturated rings. The van der Waals surface area contributed by atoms with Crippen LogP contribution in [-0.2, 0) is 14.4 Å². The van der Waals surface area contributed by atoms with Gasteiger partial charge in [-0.3, -0.25) is 14.4 Å². The Morgan fingerprint density at radius 1 is 1.32 bits per heavy atom. The number of amides is 2. The second-order valence-corrected chi connectivity index (χ2v) is 6.34. The number of hydrogen-bond donors (Lipinski definition) is 1. The quantitative estimate of drug-likeness (QED) is 0.806. The maximum atomic E-state index is 12.8. The molecule has 0 aliphatic carbocycles. The maximum Gasteiger partial charge on any atom is 0.303 e. The Morgan fingerprint density at radius 2 is 2.09 bits per heavy atom. The fourth-order valence-corrected chi connectivity index (χ4v) is 3.57. The lowest BCUT2D eigenvalue weighted by atomic mass is 9.93. The van der Waals surface area contributed by atoms with Gasteiger partial charge in [-0.15, -0.1) is 0 Å². The molecule has 124 valence electrons. The molecule has 0 spiro atoms. The minimum atomic E-state index is -0.780. The van der Waals surface area contributed by atoms with E-state index < -0.39 is 5.97 Å². The second-order valence-electron chi connectivity index (χ2n) is 6.34. The molecule has 22 heavy (non-hydrogen) atoms. The van der Waals surface area contributed by atoms with E-state index in [0.717, 1.165) is 25.8 Å². The normalized spacial score (nSPS) is 23.7. The minimum absolute atomic E-state index is 0.0396. The molecule has 0 bridgehead atoms. The molecule has 6 nitrogen and oxygen atoms in total. The summed E-state index contributed by atoms with van der Waals surface area (Å²) in [6, 6.07) is -0.340.